The predicted molar refractivity (Wildman–Crippen MR) is 61.8 cm³/mol. The van der Waals surface area contributed by atoms with Crippen molar-refractivity contribution in [2.75, 3.05) is 0 Å². The number of hydrogen-bond donors (Lipinski definition) is 0. The number of fused-ring (bicyclic) bond motifs is 1. The summed E-state index contributed by atoms with van der Waals surface area (Å²) in [7, 11) is 0. The van der Waals surface area contributed by atoms with Crippen LogP contribution in [0.3, 0.4) is 0 Å². The van der Waals surface area contributed by atoms with Gasteiger partial charge >= 0.3 is 0 Å². The number of aryl methyl sites for hydroxylation is 1. The van der Waals surface area contributed by atoms with E-state index in [-0.39, 0.29) is 0 Å². The quantitative estimate of drug-likeness (QED) is 0.704. The predicted octanol–water partition coefficient (Wildman–Crippen LogP) is 3.72. The third-order valence-corrected chi connectivity index (χ3v) is 3.02. The van der Waals surface area contributed by atoms with Gasteiger partial charge in [-0.1, -0.05) is 40.2 Å². The maximum Gasteiger partial charge on any atom is 0.150 e. The summed E-state index contributed by atoms with van der Waals surface area (Å²) in [5.74, 6) is 0. The van der Waals surface area contributed by atoms with Crippen molar-refractivity contribution in [1.29, 1.82) is 0 Å². The molecule has 14 heavy (non-hydrogen) atoms. The van der Waals surface area contributed by atoms with Crippen molar-refractivity contribution in [3.05, 3.63) is 45.9 Å². The molecule has 0 amide bonds. The van der Waals surface area contributed by atoms with Crippen LogP contribution in [-0.4, -0.2) is 6.29 Å². The van der Waals surface area contributed by atoms with E-state index in [1.54, 1.807) is 0 Å². The molecule has 0 aliphatic heterocycles. The highest BCUT2D eigenvalue weighted by atomic mass is 79.9. The fraction of sp³-hybridized carbons (Fsp3) is 0.0833. The first-order chi connectivity index (χ1) is 6.74. The van der Waals surface area contributed by atoms with Crippen molar-refractivity contribution in [3.63, 3.8) is 0 Å². The van der Waals surface area contributed by atoms with Gasteiger partial charge in [0.2, 0.25) is 0 Å². The largest absolute Gasteiger partial charge is 0.298 e. The second-order valence-corrected chi connectivity index (χ2v) is 4.11. The molecule has 0 unspecified atom stereocenters. The summed E-state index contributed by atoms with van der Waals surface area (Å²) in [6, 6.07) is 9.87. The first kappa shape index (κ1) is 9.41. The summed E-state index contributed by atoms with van der Waals surface area (Å²) in [6.45, 7) is 1.95. The number of rotatable bonds is 1. The van der Waals surface area contributed by atoms with Crippen molar-refractivity contribution in [3.8, 4) is 0 Å². The van der Waals surface area contributed by atoms with Crippen LogP contribution in [0.25, 0.3) is 10.8 Å². The van der Waals surface area contributed by atoms with Gasteiger partial charge in [0, 0.05) is 10.0 Å². The molecule has 2 aromatic rings. The summed E-state index contributed by atoms with van der Waals surface area (Å²) >= 11 is 3.50. The van der Waals surface area contributed by atoms with Crippen molar-refractivity contribution in [1.82, 2.24) is 0 Å². The van der Waals surface area contributed by atoms with Gasteiger partial charge in [-0.05, 0) is 29.3 Å². The van der Waals surface area contributed by atoms with E-state index in [0.717, 1.165) is 32.7 Å². The Hall–Kier alpha value is -1.15. The minimum atomic E-state index is 0.781. The number of carbonyl (C=O) groups is 1. The maximum atomic E-state index is 10.9. The van der Waals surface area contributed by atoms with E-state index in [2.05, 4.69) is 15.9 Å². The highest BCUT2D eigenvalue weighted by molar-refractivity contribution is 9.10. The van der Waals surface area contributed by atoms with E-state index in [0.29, 0.717) is 0 Å². The van der Waals surface area contributed by atoms with Crippen LogP contribution in [-0.2, 0) is 0 Å². The highest BCUT2D eigenvalue weighted by Crippen LogP contribution is 2.28. The van der Waals surface area contributed by atoms with Crippen molar-refractivity contribution < 1.29 is 4.79 Å². The Bertz CT molecular complexity index is 503. The SMILES string of the molecule is Cc1cc(Br)c2ccccc2c1C=O. The lowest BCUT2D eigenvalue weighted by Gasteiger charge is -2.06. The van der Waals surface area contributed by atoms with Gasteiger partial charge in [-0.25, -0.2) is 0 Å². The van der Waals surface area contributed by atoms with Gasteiger partial charge in [0.15, 0.2) is 6.29 Å². The lowest BCUT2D eigenvalue weighted by molar-refractivity contribution is 0.112. The molecule has 0 heterocycles. The summed E-state index contributed by atoms with van der Waals surface area (Å²) in [5.41, 5.74) is 1.79. The van der Waals surface area contributed by atoms with Crippen molar-refractivity contribution in [2.45, 2.75) is 6.92 Å². The maximum absolute atomic E-state index is 10.9. The zero-order valence-electron chi connectivity index (χ0n) is 7.75. The van der Waals surface area contributed by atoms with E-state index >= 15 is 0 Å². The highest BCUT2D eigenvalue weighted by Gasteiger charge is 2.06. The van der Waals surface area contributed by atoms with E-state index in [1.807, 2.05) is 37.3 Å². The van der Waals surface area contributed by atoms with Crippen LogP contribution in [0, 0.1) is 6.92 Å². The Morgan fingerprint density at radius 2 is 1.86 bits per heavy atom. The van der Waals surface area contributed by atoms with E-state index in [4.69, 9.17) is 0 Å². The van der Waals surface area contributed by atoms with Crippen LogP contribution >= 0.6 is 15.9 Å². The Balaban J connectivity index is 2.97. The van der Waals surface area contributed by atoms with E-state index in [1.165, 1.54) is 0 Å². The lowest BCUT2D eigenvalue weighted by atomic mass is 10.0. The molecule has 0 bridgehead atoms. The second kappa shape index (κ2) is 3.54. The van der Waals surface area contributed by atoms with Crippen LogP contribution in [0.4, 0.5) is 0 Å². The minimum absolute atomic E-state index is 0.781. The Labute approximate surface area is 90.9 Å². The van der Waals surface area contributed by atoms with E-state index < -0.39 is 0 Å². The molecule has 0 N–H and O–H groups in total. The Morgan fingerprint density at radius 3 is 2.50 bits per heavy atom. The monoisotopic (exact) mass is 248 g/mol. The number of benzene rings is 2. The normalized spacial score (nSPS) is 10.4. The fourth-order valence-corrected chi connectivity index (χ4v) is 2.33. The molecule has 0 aliphatic rings. The second-order valence-electron chi connectivity index (χ2n) is 3.25. The van der Waals surface area contributed by atoms with Crippen molar-refractivity contribution >= 4 is 33.0 Å². The molecule has 0 saturated carbocycles. The van der Waals surface area contributed by atoms with Gasteiger partial charge in [0.1, 0.15) is 0 Å². The molecule has 0 spiro atoms. The number of halogens is 1. The Kier molecular flexibility index (Phi) is 2.38. The summed E-state index contributed by atoms with van der Waals surface area (Å²) < 4.78 is 1.04. The molecule has 0 fully saturated rings. The molecule has 0 saturated heterocycles. The summed E-state index contributed by atoms with van der Waals surface area (Å²) in [5, 5.41) is 2.09. The lowest BCUT2D eigenvalue weighted by Crippen LogP contribution is -1.89. The van der Waals surface area contributed by atoms with Crippen LogP contribution in [0.2, 0.25) is 0 Å². The molecule has 0 aromatic heterocycles. The zero-order valence-corrected chi connectivity index (χ0v) is 9.34. The summed E-state index contributed by atoms with van der Waals surface area (Å²) in [4.78, 5) is 10.9. The molecule has 2 aromatic carbocycles. The van der Waals surface area contributed by atoms with Gasteiger partial charge in [0.05, 0.1) is 0 Å². The van der Waals surface area contributed by atoms with Crippen LogP contribution in [0.15, 0.2) is 34.8 Å². The zero-order chi connectivity index (χ0) is 10.1. The molecular weight excluding hydrogens is 240 g/mol. The molecule has 2 rings (SSSR count). The Morgan fingerprint density at radius 1 is 1.21 bits per heavy atom. The number of aldehydes is 1. The smallest absolute Gasteiger partial charge is 0.150 e. The summed E-state index contributed by atoms with van der Waals surface area (Å²) in [6.07, 6.45) is 0.921. The van der Waals surface area contributed by atoms with Crippen LogP contribution in [0.5, 0.6) is 0 Å². The molecule has 0 aliphatic carbocycles. The first-order valence-electron chi connectivity index (χ1n) is 4.37. The van der Waals surface area contributed by atoms with Crippen LogP contribution < -0.4 is 0 Å². The van der Waals surface area contributed by atoms with Gasteiger partial charge in [0.25, 0.3) is 0 Å². The molecular formula is C12H9BrO. The first-order valence-corrected chi connectivity index (χ1v) is 5.16. The average Bonchev–Trinajstić information content (AvgIpc) is 2.18. The molecule has 0 radical (unpaired) electrons. The topological polar surface area (TPSA) is 17.1 Å². The molecule has 2 heteroatoms. The molecule has 0 atom stereocenters. The standard InChI is InChI=1S/C12H9BrO/c1-8-6-12(13)10-5-3-2-4-9(10)11(8)7-14/h2-7H,1H3. The van der Waals surface area contributed by atoms with Gasteiger partial charge in [-0.15, -0.1) is 0 Å². The van der Waals surface area contributed by atoms with Gasteiger partial charge in [-0.2, -0.15) is 0 Å². The van der Waals surface area contributed by atoms with E-state index in [9.17, 15) is 4.79 Å². The third kappa shape index (κ3) is 1.36. The van der Waals surface area contributed by atoms with Crippen LogP contribution in [0.1, 0.15) is 15.9 Å². The van der Waals surface area contributed by atoms with Gasteiger partial charge in [-0.3, -0.25) is 4.79 Å². The number of carbonyl (C=O) groups excluding carboxylic acids is 1. The third-order valence-electron chi connectivity index (χ3n) is 2.36. The molecule has 1 nitrogen and oxygen atoms in total. The van der Waals surface area contributed by atoms with Crippen molar-refractivity contribution in [2.24, 2.45) is 0 Å². The van der Waals surface area contributed by atoms with Gasteiger partial charge < -0.3 is 0 Å². The average molecular weight is 249 g/mol. The minimum Gasteiger partial charge on any atom is -0.298 e. The number of hydrogen-bond acceptors (Lipinski definition) is 1. The molecule has 70 valence electrons. The fourth-order valence-electron chi connectivity index (χ4n) is 1.64.